The number of carboxylic acid groups (broad SMARTS) is 1. The van der Waals surface area contributed by atoms with Crippen LogP contribution in [0, 0.1) is 11.8 Å². The second-order valence-corrected chi connectivity index (χ2v) is 10.5. The van der Waals surface area contributed by atoms with Gasteiger partial charge in [-0.2, -0.15) is 0 Å². The van der Waals surface area contributed by atoms with Crippen molar-refractivity contribution in [3.8, 4) is 0 Å². The number of esters is 2. The van der Waals surface area contributed by atoms with E-state index >= 15 is 0 Å². The summed E-state index contributed by atoms with van der Waals surface area (Å²) in [6.45, 7) is 8.26. The third kappa shape index (κ3) is 21.0. The fraction of sp³-hybridized carbons (Fsp3) is 0.667. The average molecular weight is 589 g/mol. The van der Waals surface area contributed by atoms with Crippen LogP contribution in [0.1, 0.15) is 95.8 Å². The van der Waals surface area contributed by atoms with Crippen molar-refractivity contribution in [2.24, 2.45) is 11.8 Å². The number of ether oxygens (including phenoxy) is 2. The molecule has 3 unspecified atom stereocenters. The fourth-order valence-corrected chi connectivity index (χ4v) is 4.03. The monoisotopic (exact) mass is 588 g/mol. The number of carbonyl (C=O) groups excluding carboxylic acids is 3. The molecule has 0 aliphatic rings. The molecule has 0 heterocycles. The number of rotatable bonds is 17. The van der Waals surface area contributed by atoms with Gasteiger partial charge in [-0.05, 0) is 30.2 Å². The van der Waals surface area contributed by atoms with Gasteiger partial charge in [0.15, 0.2) is 5.25 Å². The molecule has 39 heavy (non-hydrogen) atoms. The Balaban J connectivity index is -0.000000992. The fourth-order valence-electron chi connectivity index (χ4n) is 3.39. The van der Waals surface area contributed by atoms with Crippen molar-refractivity contribution in [3.05, 3.63) is 35.9 Å². The van der Waals surface area contributed by atoms with Gasteiger partial charge in [-0.15, -0.1) is 0 Å². The van der Waals surface area contributed by atoms with Crippen molar-refractivity contribution >= 4 is 28.0 Å². The van der Waals surface area contributed by atoms with E-state index in [4.69, 9.17) is 9.47 Å². The topological polar surface area (TPSA) is 150 Å². The molecule has 1 aromatic rings. The van der Waals surface area contributed by atoms with Crippen LogP contribution in [-0.2, 0) is 29.2 Å². The Morgan fingerprint density at radius 2 is 1.28 bits per heavy atom. The summed E-state index contributed by atoms with van der Waals surface area (Å²) in [4.78, 5) is 34.2. The van der Waals surface area contributed by atoms with E-state index in [0.717, 1.165) is 51.4 Å². The summed E-state index contributed by atoms with van der Waals surface area (Å²) in [5.41, 5.74) is 0.220. The molecule has 1 aromatic carbocycles. The number of carbonyl (C=O) groups is 3. The first-order chi connectivity index (χ1) is 17.5. The van der Waals surface area contributed by atoms with Gasteiger partial charge in [-0.25, -0.2) is 8.42 Å². The minimum absolute atomic E-state index is 0. The molecule has 0 aliphatic heterocycles. The van der Waals surface area contributed by atoms with Gasteiger partial charge >= 0.3 is 71.1 Å². The maximum absolute atomic E-state index is 12.1. The first-order valence-corrected chi connectivity index (χ1v) is 14.5. The number of aromatic carboxylic acids is 1. The van der Waals surface area contributed by atoms with Gasteiger partial charge in [-0.3, -0.25) is 9.59 Å². The maximum Gasteiger partial charge on any atom is 1.00 e. The second kappa shape index (κ2) is 25.3. The van der Waals surface area contributed by atoms with E-state index in [-0.39, 0.29) is 89.7 Å². The molecule has 12 heteroatoms. The molecule has 0 spiro atoms. The molecule has 0 fully saturated rings. The molecule has 0 aliphatic carbocycles. The molecule has 0 amide bonds. The maximum atomic E-state index is 12.1. The Labute approximate surface area is 278 Å². The van der Waals surface area contributed by atoms with E-state index in [2.05, 4.69) is 13.8 Å². The van der Waals surface area contributed by atoms with Crippen molar-refractivity contribution in [2.45, 2.75) is 90.7 Å². The molecule has 1 rings (SSSR count). The molecular formula is C27H42Na2O9S. The van der Waals surface area contributed by atoms with E-state index < -0.39 is 39.7 Å². The molecule has 0 N–H and O–H groups in total. The van der Waals surface area contributed by atoms with E-state index in [1.54, 1.807) is 18.2 Å². The summed E-state index contributed by atoms with van der Waals surface area (Å²) in [5.74, 6) is -2.87. The summed E-state index contributed by atoms with van der Waals surface area (Å²) < 4.78 is 44.6. The van der Waals surface area contributed by atoms with Crippen LogP contribution in [0.15, 0.2) is 30.3 Å². The first kappa shape index (κ1) is 43.0. The van der Waals surface area contributed by atoms with Crippen LogP contribution < -0.4 is 64.2 Å². The zero-order chi connectivity index (χ0) is 28.3. The third-order valence-electron chi connectivity index (χ3n) is 6.00. The van der Waals surface area contributed by atoms with Gasteiger partial charge in [0.25, 0.3) is 0 Å². The van der Waals surface area contributed by atoms with Crippen molar-refractivity contribution in [1.82, 2.24) is 0 Å². The zero-order valence-corrected chi connectivity index (χ0v) is 29.3. The van der Waals surface area contributed by atoms with E-state index in [9.17, 15) is 32.5 Å². The van der Waals surface area contributed by atoms with Crippen LogP contribution in [0.5, 0.6) is 0 Å². The molecular weight excluding hydrogens is 546 g/mol. The van der Waals surface area contributed by atoms with Gasteiger partial charge < -0.3 is 23.9 Å². The third-order valence-corrected chi connectivity index (χ3v) is 7.06. The van der Waals surface area contributed by atoms with Crippen molar-refractivity contribution in [3.63, 3.8) is 0 Å². The standard InChI is InChI=1S/C20H38O7S.C7H6O2.2Na/c1-5-9-11-16(7-3)14-26-19(21)13-18(28(23,24)25)20(22)27-15-17(8-4)12-10-6-2;8-7(9)6-4-2-1-3-5-6;;/h16-18H,5-15H2,1-4H3,(H,23,24,25);1-5H,(H,8,9);;/q;;2*+1/p-2. The van der Waals surface area contributed by atoms with Crippen molar-refractivity contribution < 1.29 is 101 Å². The Morgan fingerprint density at radius 3 is 1.64 bits per heavy atom. The first-order valence-electron chi connectivity index (χ1n) is 13.0. The number of unbranched alkanes of at least 4 members (excludes halogenated alkanes) is 2. The quantitative estimate of drug-likeness (QED) is 0.113. The Hall–Kier alpha value is -0.460. The van der Waals surface area contributed by atoms with Crippen LogP contribution in [-0.4, -0.2) is 49.3 Å². The van der Waals surface area contributed by atoms with E-state index in [0.29, 0.717) is 0 Å². The Bertz CT molecular complexity index is 896. The van der Waals surface area contributed by atoms with Gasteiger partial charge in [0.1, 0.15) is 10.1 Å². The molecule has 0 saturated carbocycles. The minimum atomic E-state index is -5.01. The number of carboxylic acids is 1. The molecule has 9 nitrogen and oxygen atoms in total. The predicted molar refractivity (Wildman–Crippen MR) is 137 cm³/mol. The van der Waals surface area contributed by atoms with Gasteiger partial charge in [-0.1, -0.05) is 96.6 Å². The number of benzene rings is 1. The van der Waals surface area contributed by atoms with E-state index in [1.807, 2.05) is 13.8 Å². The van der Waals surface area contributed by atoms with Crippen LogP contribution in [0.3, 0.4) is 0 Å². The van der Waals surface area contributed by atoms with E-state index in [1.165, 1.54) is 12.1 Å². The Kier molecular flexibility index (Phi) is 27.9. The van der Waals surface area contributed by atoms with Gasteiger partial charge in [0.2, 0.25) is 0 Å². The summed E-state index contributed by atoms with van der Waals surface area (Å²) in [5, 5.41) is 8.03. The normalized spacial score (nSPS) is 12.7. The molecule has 0 aromatic heterocycles. The van der Waals surface area contributed by atoms with Crippen LogP contribution >= 0.6 is 0 Å². The van der Waals surface area contributed by atoms with Crippen molar-refractivity contribution in [1.29, 1.82) is 0 Å². The van der Waals surface area contributed by atoms with Crippen LogP contribution in [0.2, 0.25) is 0 Å². The molecule has 212 valence electrons. The molecule has 0 bridgehead atoms. The summed E-state index contributed by atoms with van der Waals surface area (Å²) in [6.07, 6.45) is 6.58. The number of hydrogen-bond acceptors (Lipinski definition) is 9. The summed E-state index contributed by atoms with van der Waals surface area (Å²) >= 11 is 0. The summed E-state index contributed by atoms with van der Waals surface area (Å²) in [6, 6.07) is 8.06. The zero-order valence-electron chi connectivity index (χ0n) is 24.5. The average Bonchev–Trinajstić information content (AvgIpc) is 2.87. The molecule has 0 saturated heterocycles. The minimum Gasteiger partial charge on any atom is -0.747 e. The molecule has 3 atom stereocenters. The van der Waals surface area contributed by atoms with Crippen LogP contribution in [0.4, 0.5) is 0 Å². The SMILES string of the molecule is CCCCC(CC)COC(=O)CC(C(=O)OCC(CC)CCCC)S(=O)(=O)[O-].O=C([O-])c1ccccc1.[Na+].[Na+]. The largest absolute Gasteiger partial charge is 1.00 e. The predicted octanol–water partition coefficient (Wildman–Crippen LogP) is -2.13. The smallest absolute Gasteiger partial charge is 0.747 e. The van der Waals surface area contributed by atoms with Crippen molar-refractivity contribution in [2.75, 3.05) is 13.2 Å². The van der Waals surface area contributed by atoms with Crippen LogP contribution in [0.25, 0.3) is 0 Å². The Morgan fingerprint density at radius 1 is 0.821 bits per heavy atom. The second-order valence-electron chi connectivity index (χ2n) is 8.99. The summed E-state index contributed by atoms with van der Waals surface area (Å²) in [7, 11) is -5.01. The molecule has 0 radical (unpaired) electrons. The van der Waals surface area contributed by atoms with Gasteiger partial charge in [0.05, 0.1) is 25.6 Å². The van der Waals surface area contributed by atoms with Gasteiger partial charge in [0, 0.05) is 0 Å². The number of hydrogen-bond donors (Lipinski definition) is 0.